The van der Waals surface area contributed by atoms with Gasteiger partial charge in [-0.2, -0.15) is 0 Å². The van der Waals surface area contributed by atoms with Crippen molar-refractivity contribution in [1.82, 2.24) is 9.97 Å². The monoisotopic (exact) mass is 212 g/mol. The van der Waals surface area contributed by atoms with Crippen LogP contribution in [0.15, 0.2) is 48.9 Å². The zero-order chi connectivity index (χ0) is 11.2. The summed E-state index contributed by atoms with van der Waals surface area (Å²) in [5, 5.41) is 0. The first-order valence-electron chi connectivity index (χ1n) is 5.70. The lowest BCUT2D eigenvalue weighted by Crippen LogP contribution is -2.03. The Balaban J connectivity index is 2.13. The van der Waals surface area contributed by atoms with E-state index in [0.29, 0.717) is 5.92 Å². The largest absolute Gasteiger partial charge is 0.264 e. The van der Waals surface area contributed by atoms with Gasteiger partial charge in [-0.05, 0) is 42.5 Å². The van der Waals surface area contributed by atoms with E-state index in [2.05, 4.69) is 29.0 Å². The van der Waals surface area contributed by atoms with Crippen LogP contribution in [-0.2, 0) is 6.42 Å². The smallest absolute Gasteiger partial charge is 0.0409 e. The molecule has 0 spiro atoms. The van der Waals surface area contributed by atoms with Gasteiger partial charge in [0.25, 0.3) is 0 Å². The van der Waals surface area contributed by atoms with Gasteiger partial charge in [0.2, 0.25) is 0 Å². The van der Waals surface area contributed by atoms with Crippen LogP contribution in [0, 0.1) is 0 Å². The molecule has 2 rings (SSSR count). The molecular formula is C14H16N2. The summed E-state index contributed by atoms with van der Waals surface area (Å²) in [4.78, 5) is 8.55. The van der Waals surface area contributed by atoms with Crippen molar-refractivity contribution in [1.29, 1.82) is 0 Å². The third kappa shape index (κ3) is 2.66. The van der Waals surface area contributed by atoms with Gasteiger partial charge in [-0.3, -0.25) is 9.97 Å². The molecule has 0 aromatic carbocycles. The van der Waals surface area contributed by atoms with Crippen LogP contribution in [0.5, 0.6) is 0 Å². The highest BCUT2D eigenvalue weighted by Crippen LogP contribution is 2.22. The minimum absolute atomic E-state index is 0.517. The Bertz CT molecular complexity index is 411. The summed E-state index contributed by atoms with van der Waals surface area (Å²) in [6.07, 6.45) is 7.73. The Morgan fingerprint density at radius 1 is 1.12 bits per heavy atom. The second-order valence-electron chi connectivity index (χ2n) is 3.92. The third-order valence-corrected chi connectivity index (χ3v) is 2.83. The molecule has 0 fully saturated rings. The summed E-state index contributed by atoms with van der Waals surface area (Å²) >= 11 is 0. The number of rotatable bonds is 4. The molecule has 2 aromatic heterocycles. The first kappa shape index (κ1) is 10.8. The molecule has 2 aromatic rings. The van der Waals surface area contributed by atoms with Crippen molar-refractivity contribution in [3.05, 3.63) is 60.2 Å². The van der Waals surface area contributed by atoms with E-state index in [-0.39, 0.29) is 0 Å². The van der Waals surface area contributed by atoms with Crippen LogP contribution in [0.25, 0.3) is 0 Å². The van der Waals surface area contributed by atoms with Gasteiger partial charge in [0, 0.05) is 24.3 Å². The Morgan fingerprint density at radius 2 is 2.06 bits per heavy atom. The van der Waals surface area contributed by atoms with Crippen molar-refractivity contribution in [3.8, 4) is 0 Å². The minimum atomic E-state index is 0.517. The predicted molar refractivity (Wildman–Crippen MR) is 65.2 cm³/mol. The summed E-state index contributed by atoms with van der Waals surface area (Å²) in [7, 11) is 0. The quantitative estimate of drug-likeness (QED) is 0.777. The van der Waals surface area contributed by atoms with Gasteiger partial charge in [0.15, 0.2) is 0 Å². The second kappa shape index (κ2) is 5.40. The van der Waals surface area contributed by atoms with Crippen LogP contribution in [0.1, 0.15) is 30.5 Å². The van der Waals surface area contributed by atoms with Crippen molar-refractivity contribution < 1.29 is 0 Å². The highest BCUT2D eigenvalue weighted by molar-refractivity contribution is 5.17. The molecule has 16 heavy (non-hydrogen) atoms. The molecule has 82 valence electrons. The van der Waals surface area contributed by atoms with E-state index in [0.717, 1.165) is 18.5 Å². The summed E-state index contributed by atoms with van der Waals surface area (Å²) in [6.45, 7) is 2.21. The maximum absolute atomic E-state index is 4.37. The maximum atomic E-state index is 4.37. The first-order chi connectivity index (χ1) is 7.90. The highest BCUT2D eigenvalue weighted by atomic mass is 14.7. The molecule has 2 heteroatoms. The third-order valence-electron chi connectivity index (χ3n) is 2.83. The van der Waals surface area contributed by atoms with Gasteiger partial charge < -0.3 is 0 Å². The average molecular weight is 212 g/mol. The fraction of sp³-hybridized carbons (Fsp3) is 0.286. The van der Waals surface area contributed by atoms with E-state index in [4.69, 9.17) is 0 Å². The highest BCUT2D eigenvalue weighted by Gasteiger charge is 2.10. The summed E-state index contributed by atoms with van der Waals surface area (Å²) in [6, 6.07) is 10.2. The van der Waals surface area contributed by atoms with Gasteiger partial charge >= 0.3 is 0 Å². The molecule has 0 saturated heterocycles. The Kier molecular flexibility index (Phi) is 3.65. The van der Waals surface area contributed by atoms with Gasteiger partial charge in [-0.1, -0.05) is 19.1 Å². The fourth-order valence-corrected chi connectivity index (χ4v) is 1.89. The maximum Gasteiger partial charge on any atom is 0.0409 e. The summed E-state index contributed by atoms with van der Waals surface area (Å²) in [5.41, 5.74) is 2.45. The first-order valence-corrected chi connectivity index (χ1v) is 5.70. The molecule has 0 saturated carbocycles. The Morgan fingerprint density at radius 3 is 2.69 bits per heavy atom. The van der Waals surface area contributed by atoms with Crippen LogP contribution in [0.4, 0.5) is 0 Å². The molecule has 0 aliphatic rings. The van der Waals surface area contributed by atoms with Gasteiger partial charge in [0.1, 0.15) is 0 Å². The van der Waals surface area contributed by atoms with E-state index < -0.39 is 0 Å². The topological polar surface area (TPSA) is 25.8 Å². The lowest BCUT2D eigenvalue weighted by molar-refractivity contribution is 0.647. The SMILES string of the molecule is CCC(Cc1ccccn1)c1cccnc1. The predicted octanol–water partition coefficient (Wildman–Crippen LogP) is 3.21. The van der Waals surface area contributed by atoms with Crippen LogP contribution in [-0.4, -0.2) is 9.97 Å². The molecule has 0 N–H and O–H groups in total. The van der Waals surface area contributed by atoms with E-state index in [9.17, 15) is 0 Å². The molecule has 0 bridgehead atoms. The van der Waals surface area contributed by atoms with Crippen molar-refractivity contribution >= 4 is 0 Å². The van der Waals surface area contributed by atoms with E-state index >= 15 is 0 Å². The lowest BCUT2D eigenvalue weighted by Gasteiger charge is -2.14. The van der Waals surface area contributed by atoms with Crippen LogP contribution >= 0.6 is 0 Å². The number of hydrogen-bond donors (Lipinski definition) is 0. The van der Waals surface area contributed by atoms with Crippen molar-refractivity contribution in [2.24, 2.45) is 0 Å². The van der Waals surface area contributed by atoms with Crippen molar-refractivity contribution in [3.63, 3.8) is 0 Å². The number of pyridine rings is 2. The van der Waals surface area contributed by atoms with Gasteiger partial charge in [-0.25, -0.2) is 0 Å². The summed E-state index contributed by atoms with van der Waals surface area (Å²) < 4.78 is 0. The van der Waals surface area contributed by atoms with Crippen LogP contribution < -0.4 is 0 Å². The van der Waals surface area contributed by atoms with Crippen LogP contribution in [0.3, 0.4) is 0 Å². The Hall–Kier alpha value is -1.70. The summed E-state index contributed by atoms with van der Waals surface area (Å²) in [5.74, 6) is 0.517. The zero-order valence-electron chi connectivity index (χ0n) is 9.50. The fourth-order valence-electron chi connectivity index (χ4n) is 1.89. The number of aromatic nitrogens is 2. The van der Waals surface area contributed by atoms with E-state index in [1.165, 1.54) is 5.56 Å². The molecule has 2 nitrogen and oxygen atoms in total. The van der Waals surface area contributed by atoms with Gasteiger partial charge in [-0.15, -0.1) is 0 Å². The van der Waals surface area contributed by atoms with Crippen molar-refractivity contribution in [2.45, 2.75) is 25.7 Å². The molecule has 2 heterocycles. The van der Waals surface area contributed by atoms with Crippen molar-refractivity contribution in [2.75, 3.05) is 0 Å². The normalized spacial score (nSPS) is 12.3. The number of nitrogens with zero attached hydrogens (tertiary/aromatic N) is 2. The van der Waals surface area contributed by atoms with Crippen LogP contribution in [0.2, 0.25) is 0 Å². The molecule has 0 amide bonds. The molecule has 0 aliphatic carbocycles. The average Bonchev–Trinajstić information content (AvgIpc) is 2.38. The van der Waals surface area contributed by atoms with Gasteiger partial charge in [0.05, 0.1) is 0 Å². The molecule has 0 radical (unpaired) electrons. The van der Waals surface area contributed by atoms with E-state index in [1.807, 2.05) is 36.8 Å². The molecule has 0 aliphatic heterocycles. The second-order valence-corrected chi connectivity index (χ2v) is 3.92. The zero-order valence-corrected chi connectivity index (χ0v) is 9.50. The van der Waals surface area contributed by atoms with E-state index in [1.54, 1.807) is 0 Å². The number of hydrogen-bond acceptors (Lipinski definition) is 2. The molecular weight excluding hydrogens is 196 g/mol. The lowest BCUT2D eigenvalue weighted by atomic mass is 9.93. The molecule has 1 atom stereocenters. The minimum Gasteiger partial charge on any atom is -0.264 e. The Labute approximate surface area is 96.4 Å². The standard InChI is InChI=1S/C14H16N2/c1-2-12(13-6-5-8-15-11-13)10-14-7-3-4-9-16-14/h3-9,11-12H,2,10H2,1H3. The molecule has 1 unspecified atom stereocenters.